The topological polar surface area (TPSA) is 98.5 Å². The minimum absolute atomic E-state index is 0.116. The largest absolute Gasteiger partial charge is 0.465 e. The molecule has 0 saturated carbocycles. The van der Waals surface area contributed by atoms with Crippen molar-refractivity contribution in [2.75, 3.05) is 13.7 Å². The Bertz CT molecular complexity index is 1120. The number of methoxy groups -OCH3 is 1. The van der Waals surface area contributed by atoms with E-state index in [4.69, 9.17) is 4.42 Å². The predicted octanol–water partition coefficient (Wildman–Crippen LogP) is 3.27. The number of hydrogen-bond acceptors (Lipinski definition) is 6. The molecule has 0 radical (unpaired) electrons. The molecular weight excluding hydrogens is 392 g/mol. The monoisotopic (exact) mass is 414 g/mol. The predicted molar refractivity (Wildman–Crippen MR) is 108 cm³/mol. The fourth-order valence-corrected chi connectivity index (χ4v) is 4.09. The van der Waals surface area contributed by atoms with Gasteiger partial charge in [-0.15, -0.1) is 0 Å². The fraction of sp³-hybridized carbons (Fsp3) is 0.238. The molecule has 0 aliphatic heterocycles. The molecule has 1 aromatic heterocycles. The number of rotatable bonds is 7. The van der Waals surface area contributed by atoms with Crippen molar-refractivity contribution in [2.45, 2.75) is 25.2 Å². The number of aromatic nitrogens is 1. The molecule has 8 heteroatoms. The van der Waals surface area contributed by atoms with Gasteiger partial charge in [0.15, 0.2) is 0 Å². The van der Waals surface area contributed by atoms with E-state index >= 15 is 0 Å². The zero-order valence-electron chi connectivity index (χ0n) is 16.4. The van der Waals surface area contributed by atoms with Crippen molar-refractivity contribution in [3.63, 3.8) is 0 Å². The molecule has 0 aliphatic rings. The third-order valence-corrected chi connectivity index (χ3v) is 6.03. The van der Waals surface area contributed by atoms with Gasteiger partial charge in [0.25, 0.3) is 0 Å². The Balaban J connectivity index is 1.64. The number of nitrogens with zero attached hydrogens (tertiary/aromatic N) is 1. The van der Waals surface area contributed by atoms with E-state index in [1.54, 1.807) is 6.92 Å². The number of esters is 1. The van der Waals surface area contributed by atoms with Crippen LogP contribution in [0.2, 0.25) is 0 Å². The molecule has 0 bridgehead atoms. The summed E-state index contributed by atoms with van der Waals surface area (Å²) in [6.07, 6.45) is 1.91. The van der Waals surface area contributed by atoms with Crippen LogP contribution in [0.3, 0.4) is 0 Å². The van der Waals surface area contributed by atoms with Gasteiger partial charge in [-0.3, -0.25) is 0 Å². The van der Waals surface area contributed by atoms with E-state index in [0.29, 0.717) is 29.1 Å². The molecular formula is C21H22N2O5S. The van der Waals surface area contributed by atoms with E-state index in [1.807, 2.05) is 31.2 Å². The Morgan fingerprint density at radius 2 is 1.86 bits per heavy atom. The number of nitrogens with one attached hydrogen (secondary N) is 1. The lowest BCUT2D eigenvalue weighted by atomic mass is 10.1. The van der Waals surface area contributed by atoms with Crippen LogP contribution in [0, 0.1) is 13.8 Å². The highest BCUT2D eigenvalue weighted by Gasteiger charge is 2.18. The summed E-state index contributed by atoms with van der Waals surface area (Å²) in [7, 11) is -2.45. The number of aryl methyl sites for hydroxylation is 2. The Morgan fingerprint density at radius 1 is 1.14 bits per heavy atom. The molecule has 0 atom stereocenters. The van der Waals surface area contributed by atoms with Crippen LogP contribution in [0.25, 0.3) is 11.5 Å². The molecule has 29 heavy (non-hydrogen) atoms. The SMILES string of the molecule is COC(=O)c1ccc(S(=O)(=O)NCCc2coc(-c3ccc(C)cc3)n2)c(C)c1. The molecule has 1 N–H and O–H groups in total. The van der Waals surface area contributed by atoms with Crippen LogP contribution < -0.4 is 4.72 Å². The number of benzene rings is 2. The summed E-state index contributed by atoms with van der Waals surface area (Å²) in [5.41, 5.74) is 3.42. The highest BCUT2D eigenvalue weighted by Crippen LogP contribution is 2.20. The van der Waals surface area contributed by atoms with Crippen molar-refractivity contribution in [2.24, 2.45) is 0 Å². The lowest BCUT2D eigenvalue weighted by molar-refractivity contribution is 0.0600. The average Bonchev–Trinajstić information content (AvgIpc) is 3.16. The molecule has 2 aromatic carbocycles. The number of sulfonamides is 1. The minimum atomic E-state index is -3.72. The van der Waals surface area contributed by atoms with Crippen LogP contribution in [0.15, 0.2) is 58.0 Å². The van der Waals surface area contributed by atoms with Crippen molar-refractivity contribution in [3.8, 4) is 11.5 Å². The number of ether oxygens (including phenoxy) is 1. The molecule has 152 valence electrons. The maximum Gasteiger partial charge on any atom is 0.337 e. The molecule has 3 aromatic rings. The standard InChI is InChI=1S/C21H22N2O5S/c1-14-4-6-16(7-5-14)20-23-18(13-28-20)10-11-22-29(25,26)19-9-8-17(12-15(19)2)21(24)27-3/h4-9,12-13,22H,10-11H2,1-3H3. The zero-order valence-corrected chi connectivity index (χ0v) is 17.2. The lowest BCUT2D eigenvalue weighted by Gasteiger charge is -2.10. The molecule has 0 saturated heterocycles. The molecule has 0 amide bonds. The Hall–Kier alpha value is -2.97. The van der Waals surface area contributed by atoms with Crippen molar-refractivity contribution in [1.29, 1.82) is 0 Å². The molecule has 0 fully saturated rings. The molecule has 1 heterocycles. The Kier molecular flexibility index (Phi) is 6.14. The number of hydrogen-bond donors (Lipinski definition) is 1. The van der Waals surface area contributed by atoms with E-state index in [0.717, 1.165) is 11.1 Å². The lowest BCUT2D eigenvalue weighted by Crippen LogP contribution is -2.26. The first-order chi connectivity index (χ1) is 13.8. The first-order valence-electron chi connectivity index (χ1n) is 9.00. The summed E-state index contributed by atoms with van der Waals surface area (Å²) in [5.74, 6) is -0.0162. The highest BCUT2D eigenvalue weighted by molar-refractivity contribution is 7.89. The Labute approximate surface area is 169 Å². The summed E-state index contributed by atoms with van der Waals surface area (Å²) in [6, 6.07) is 12.1. The summed E-state index contributed by atoms with van der Waals surface area (Å²) in [6.45, 7) is 3.80. The third-order valence-electron chi connectivity index (χ3n) is 4.41. The van der Waals surface area contributed by atoms with Crippen LogP contribution in [0.1, 0.15) is 27.2 Å². The van der Waals surface area contributed by atoms with Gasteiger partial charge < -0.3 is 9.15 Å². The van der Waals surface area contributed by atoms with Gasteiger partial charge in [0.1, 0.15) is 6.26 Å². The fourth-order valence-electron chi connectivity index (χ4n) is 2.84. The third kappa shape index (κ3) is 4.90. The van der Waals surface area contributed by atoms with E-state index in [1.165, 1.54) is 31.6 Å². The van der Waals surface area contributed by atoms with Gasteiger partial charge in [-0.1, -0.05) is 17.7 Å². The maximum atomic E-state index is 12.6. The van der Waals surface area contributed by atoms with Crippen molar-refractivity contribution in [1.82, 2.24) is 9.71 Å². The summed E-state index contributed by atoms with van der Waals surface area (Å²) in [5, 5.41) is 0. The van der Waals surface area contributed by atoms with Crippen molar-refractivity contribution in [3.05, 3.63) is 71.1 Å². The van der Waals surface area contributed by atoms with Crippen LogP contribution in [0.5, 0.6) is 0 Å². The first-order valence-corrected chi connectivity index (χ1v) is 10.5. The molecule has 0 aliphatic carbocycles. The first kappa shape index (κ1) is 20.8. The normalized spacial score (nSPS) is 11.4. The quantitative estimate of drug-likeness (QED) is 0.596. The minimum Gasteiger partial charge on any atom is -0.465 e. The zero-order chi connectivity index (χ0) is 21.0. The number of carbonyl (C=O) groups excluding carboxylic acids is 1. The summed E-state index contributed by atoms with van der Waals surface area (Å²) in [4.78, 5) is 16.1. The van der Waals surface area contributed by atoms with E-state index < -0.39 is 16.0 Å². The Morgan fingerprint density at radius 3 is 2.52 bits per heavy atom. The molecule has 0 spiro atoms. The summed E-state index contributed by atoms with van der Waals surface area (Å²) >= 11 is 0. The second-order valence-electron chi connectivity index (χ2n) is 6.63. The van der Waals surface area contributed by atoms with Crippen LogP contribution >= 0.6 is 0 Å². The van der Waals surface area contributed by atoms with Crippen molar-refractivity contribution < 1.29 is 22.4 Å². The summed E-state index contributed by atoms with van der Waals surface area (Å²) < 4.78 is 37.9. The van der Waals surface area contributed by atoms with Gasteiger partial charge in [0, 0.05) is 18.5 Å². The number of carbonyl (C=O) groups is 1. The second-order valence-corrected chi connectivity index (χ2v) is 8.37. The van der Waals surface area contributed by atoms with Gasteiger partial charge in [-0.2, -0.15) is 0 Å². The van der Waals surface area contributed by atoms with Crippen LogP contribution in [0.4, 0.5) is 0 Å². The van der Waals surface area contributed by atoms with Gasteiger partial charge in [-0.25, -0.2) is 22.9 Å². The number of oxazole rings is 1. The molecule has 3 rings (SSSR count). The van der Waals surface area contributed by atoms with Gasteiger partial charge >= 0.3 is 5.97 Å². The van der Waals surface area contributed by atoms with Gasteiger partial charge in [0.05, 0.1) is 23.3 Å². The maximum absolute atomic E-state index is 12.6. The van der Waals surface area contributed by atoms with E-state index in [-0.39, 0.29) is 11.4 Å². The second kappa shape index (κ2) is 8.59. The van der Waals surface area contributed by atoms with Gasteiger partial charge in [-0.05, 0) is 49.7 Å². The van der Waals surface area contributed by atoms with Gasteiger partial charge in [0.2, 0.25) is 15.9 Å². The molecule has 0 unspecified atom stereocenters. The smallest absolute Gasteiger partial charge is 0.337 e. The van der Waals surface area contributed by atoms with Crippen molar-refractivity contribution >= 4 is 16.0 Å². The average molecular weight is 414 g/mol. The van der Waals surface area contributed by atoms with Crippen LogP contribution in [-0.2, 0) is 21.2 Å². The van der Waals surface area contributed by atoms with E-state index in [9.17, 15) is 13.2 Å². The highest BCUT2D eigenvalue weighted by atomic mass is 32.2. The van der Waals surface area contributed by atoms with E-state index in [2.05, 4.69) is 14.4 Å². The molecule has 7 nitrogen and oxygen atoms in total. The van der Waals surface area contributed by atoms with Crippen LogP contribution in [-0.4, -0.2) is 33.0 Å².